The number of halogens is 1. The molecule has 75 heavy (non-hydrogen) atoms. The molecule has 0 aliphatic heterocycles. The Bertz CT molecular complexity index is 3610. The van der Waals surface area contributed by atoms with Crippen molar-refractivity contribution in [1.82, 2.24) is 19.9 Å². The van der Waals surface area contributed by atoms with Gasteiger partial charge in [-0.05, 0) is 86.3 Å². The molecule has 0 atom stereocenters. The lowest BCUT2D eigenvalue weighted by Gasteiger charge is -2.16. The predicted octanol–water partition coefficient (Wildman–Crippen LogP) is 7.23. The smallest absolute Gasteiger partial charge is 0.398 e. The van der Waals surface area contributed by atoms with Crippen molar-refractivity contribution in [2.24, 2.45) is 25.6 Å². The number of aryl methyl sites for hydroxylation is 2. The van der Waals surface area contributed by atoms with E-state index in [1.165, 1.54) is 19.1 Å². The molecule has 4 aromatic carbocycles. The Labute approximate surface area is 427 Å². The van der Waals surface area contributed by atoms with E-state index < -0.39 is 64.7 Å². The summed E-state index contributed by atoms with van der Waals surface area (Å²) in [5, 5.41) is 53.3. The van der Waals surface area contributed by atoms with Gasteiger partial charge in [-0.15, -0.1) is 15.3 Å². The molecule has 392 valence electrons. The number of aliphatic hydroxyl groups excluding tert-OH is 1. The number of sulfone groups is 1. The monoisotopic (exact) mass is 1090 g/mol. The van der Waals surface area contributed by atoms with Crippen LogP contribution in [0.2, 0.25) is 0 Å². The fraction of sp³-hybridized carbons (Fsp3) is 0.205. The van der Waals surface area contributed by atoms with Crippen LogP contribution in [-0.2, 0) is 34.5 Å². The molecule has 2 aromatic heterocycles. The van der Waals surface area contributed by atoms with E-state index in [0.717, 1.165) is 23.8 Å². The summed E-state index contributed by atoms with van der Waals surface area (Å²) in [6.45, 7) is 12.8. The maximum Gasteiger partial charge on any atom is 0.398 e. The number of rotatable bonds is 23. The summed E-state index contributed by atoms with van der Waals surface area (Å²) in [5.74, 6) is -2.65. The molecule has 31 heteroatoms. The number of phenolic OH excluding ortho intramolecular Hbond substituents is 1. The van der Waals surface area contributed by atoms with Crippen LogP contribution >= 0.6 is 0 Å². The molecule has 0 amide bonds. The lowest BCUT2D eigenvalue weighted by Crippen LogP contribution is -2.14. The van der Waals surface area contributed by atoms with Crippen molar-refractivity contribution in [2.45, 2.75) is 37.0 Å². The van der Waals surface area contributed by atoms with Crippen molar-refractivity contribution < 1.29 is 57.9 Å². The number of aldehydes is 1. The number of pyridine rings is 1. The van der Waals surface area contributed by atoms with Gasteiger partial charge in [-0.3, -0.25) is 19.3 Å². The number of aromatic hydroxyl groups is 1. The van der Waals surface area contributed by atoms with Gasteiger partial charge in [-0.25, -0.2) is 22.4 Å². The zero-order valence-electron chi connectivity index (χ0n) is 39.5. The largest absolute Gasteiger partial charge is 0.504 e. The second kappa shape index (κ2) is 24.5. The van der Waals surface area contributed by atoms with Crippen LogP contribution in [0.3, 0.4) is 0 Å². The second-order valence-corrected chi connectivity index (χ2v) is 20.0. The molecule has 6 rings (SSSR count). The topological polar surface area (TPSA) is 388 Å². The minimum absolute atomic E-state index is 0.0222. The van der Waals surface area contributed by atoms with Crippen molar-refractivity contribution in [3.8, 4) is 5.75 Å². The summed E-state index contributed by atoms with van der Waals surface area (Å²) >= 11 is 0. The first-order valence-electron chi connectivity index (χ1n) is 21.6. The molecular weight excluding hydrogens is 1050 g/mol. The summed E-state index contributed by atoms with van der Waals surface area (Å²) in [4.78, 5) is 30.1. The summed E-state index contributed by atoms with van der Waals surface area (Å²) in [5.41, 5.74) is 4.40. The number of amidine groups is 1. The maximum absolute atomic E-state index is 14.8. The Morgan fingerprint density at radius 3 is 2.17 bits per heavy atom. The van der Waals surface area contributed by atoms with Crippen molar-refractivity contribution >= 4 is 100 Å². The fourth-order valence-electron chi connectivity index (χ4n) is 6.42. The van der Waals surface area contributed by atoms with Crippen molar-refractivity contribution in [2.75, 3.05) is 58.9 Å². The van der Waals surface area contributed by atoms with Gasteiger partial charge in [0, 0.05) is 30.8 Å². The number of nitrogens with zero attached hydrogens (tertiary/aromatic N) is 10. The van der Waals surface area contributed by atoms with Gasteiger partial charge in [0.05, 0.1) is 40.0 Å². The minimum atomic E-state index is -5.02. The van der Waals surface area contributed by atoms with E-state index in [0.29, 0.717) is 23.0 Å². The van der Waals surface area contributed by atoms with Crippen LogP contribution in [0.1, 0.15) is 39.0 Å². The molecule has 0 radical (unpaired) electrons. The summed E-state index contributed by atoms with van der Waals surface area (Å²) < 4.78 is 109. The van der Waals surface area contributed by atoms with E-state index in [1.54, 1.807) is 62.4 Å². The van der Waals surface area contributed by atoms with Gasteiger partial charge in [0.2, 0.25) is 33.3 Å². The first-order valence-corrected chi connectivity index (χ1v) is 26.1. The average molecular weight is 1090 g/mol. The van der Waals surface area contributed by atoms with E-state index in [1.807, 2.05) is 0 Å². The van der Waals surface area contributed by atoms with Gasteiger partial charge < -0.3 is 31.5 Å². The number of aromatic nitrogens is 4. The number of phenols is 1. The van der Waals surface area contributed by atoms with Crippen molar-refractivity contribution in [3.05, 3.63) is 124 Å². The minimum Gasteiger partial charge on any atom is -0.504 e. The Hall–Kier alpha value is -8.51. The van der Waals surface area contributed by atoms with Gasteiger partial charge in [-0.1, -0.05) is 36.4 Å². The van der Waals surface area contributed by atoms with E-state index in [4.69, 9.17) is 11.1 Å². The number of hydrogen-bond donors (Lipinski definition) is 9. The number of carbonyl (C=O) groups is 1. The molecule has 27 nitrogen and oxygen atoms in total. The van der Waals surface area contributed by atoms with E-state index in [2.05, 4.69) is 81.2 Å². The van der Waals surface area contributed by atoms with Gasteiger partial charge in [0.1, 0.15) is 17.2 Å². The number of hydrogen-bond acceptors (Lipinski definition) is 23. The number of aliphatic hydroxyl groups is 1. The average Bonchev–Trinajstić information content (AvgIpc) is 3.35. The highest BCUT2D eigenvalue weighted by molar-refractivity contribution is 7.92. The Balaban J connectivity index is 1.16. The first-order chi connectivity index (χ1) is 35.6. The van der Waals surface area contributed by atoms with Crippen LogP contribution in [0, 0.1) is 33.4 Å². The molecular formula is C44H44FN15O12S3. The van der Waals surface area contributed by atoms with Crippen LogP contribution in [0.4, 0.5) is 62.0 Å². The Kier molecular flexibility index (Phi) is 18.2. The van der Waals surface area contributed by atoms with Crippen LogP contribution in [0.15, 0.2) is 114 Å². The molecule has 0 bridgehead atoms. The van der Waals surface area contributed by atoms with E-state index in [-0.39, 0.29) is 95.0 Å². The zero-order valence-corrected chi connectivity index (χ0v) is 41.9. The molecule has 0 unspecified atom stereocenters. The van der Waals surface area contributed by atoms with Gasteiger partial charge in [0.25, 0.3) is 10.1 Å². The summed E-state index contributed by atoms with van der Waals surface area (Å²) in [7, 11) is -14.3. The van der Waals surface area contributed by atoms with Gasteiger partial charge in [0.15, 0.2) is 23.8 Å². The third kappa shape index (κ3) is 15.3. The third-order valence-electron chi connectivity index (χ3n) is 10.1. The number of nitrogens with one attached hydrogen (secondary N) is 5. The molecule has 6 aromatic rings. The highest BCUT2D eigenvalue weighted by Gasteiger charge is 2.22. The quantitative estimate of drug-likeness (QED) is 0.00351. The molecule has 0 aliphatic rings. The molecule has 2 heterocycles. The SMILES string of the molecule is [C-]#[N+]c1c(NCCCNc2nc(F)nc(Nc3cc(S(=O)(=O)O)cc(N/N=C(\N=Nc4cc(C)ccc4C=O)c4ccccc4)c3O)n2)nc(NCCO)c(N=Nc2ccc(S(=O)(=O)COS(=O)(=O)O)cc2C)c1C. The highest BCUT2D eigenvalue weighted by Crippen LogP contribution is 2.41. The van der Waals surface area contributed by atoms with Crippen molar-refractivity contribution in [1.29, 1.82) is 0 Å². The normalized spacial score (nSPS) is 12.2. The predicted molar refractivity (Wildman–Crippen MR) is 271 cm³/mol. The van der Waals surface area contributed by atoms with Crippen molar-refractivity contribution in [3.63, 3.8) is 0 Å². The Morgan fingerprint density at radius 1 is 0.787 bits per heavy atom. The summed E-state index contributed by atoms with van der Waals surface area (Å²) in [6.07, 6.45) is -0.395. The number of azo groups is 2. The van der Waals surface area contributed by atoms with E-state index >= 15 is 0 Å². The Morgan fingerprint density at radius 2 is 1.49 bits per heavy atom. The van der Waals surface area contributed by atoms with Crippen LogP contribution in [-0.4, -0.2) is 109 Å². The first kappa shape index (κ1) is 55.8. The lowest BCUT2D eigenvalue weighted by molar-refractivity contribution is 0.112. The van der Waals surface area contributed by atoms with Crippen LogP contribution in [0.5, 0.6) is 5.75 Å². The number of carbonyl (C=O) groups excluding carboxylic acids is 1. The van der Waals surface area contributed by atoms with Gasteiger partial charge >= 0.3 is 16.5 Å². The third-order valence-corrected chi connectivity index (χ3v) is 12.9. The number of hydrazone groups is 1. The second-order valence-electron chi connectivity index (χ2n) is 15.5. The number of anilines is 6. The summed E-state index contributed by atoms with van der Waals surface area (Å²) in [6, 6.07) is 18.6. The van der Waals surface area contributed by atoms with Crippen LogP contribution in [0.25, 0.3) is 4.85 Å². The number of benzene rings is 4. The highest BCUT2D eigenvalue weighted by atomic mass is 32.3. The molecule has 0 aliphatic carbocycles. The van der Waals surface area contributed by atoms with E-state index in [9.17, 15) is 49.2 Å². The zero-order chi connectivity index (χ0) is 54.5. The molecule has 0 spiro atoms. The maximum atomic E-state index is 14.8. The lowest BCUT2D eigenvalue weighted by atomic mass is 10.1. The molecule has 0 saturated carbocycles. The van der Waals surface area contributed by atoms with Gasteiger partial charge in [-0.2, -0.15) is 46.4 Å². The fourth-order valence-corrected chi connectivity index (χ4v) is 8.71. The van der Waals surface area contributed by atoms with Crippen LogP contribution < -0.4 is 26.7 Å². The molecule has 9 N–H and O–H groups in total. The molecule has 0 fully saturated rings. The molecule has 0 saturated heterocycles. The standard InChI is InChI=1S/C44H44FN15O12S3/c1-25-11-12-29(23-62)33(19-25)56-59-39(28-9-6-5-7-10-28)60-57-35-22-31(74(66,67)68)21-34(38(35)63)50-44-53-42(45)52-43(54-44)49-16-8-15-47-40-36(46-4)27(3)37(41(51-40)48-17-18-61)58-55-32-14-13-30(20-26(32)2)73(64,65)24-72-75(69,70)71/h5-7,9-14,19-23,57,61,63H,8,15-18,24H2,1-3H3,(H2,47,48,51)(H,66,67,68)(H,69,70,71)(H2,49,50,52,53,54)/b58-55?,59-56?,60-39-.